The number of benzene rings is 1. The van der Waals surface area contributed by atoms with Crippen LogP contribution in [0.5, 0.6) is 5.75 Å². The third-order valence-electron chi connectivity index (χ3n) is 6.42. The lowest BCUT2D eigenvalue weighted by molar-refractivity contribution is 0.207. The number of aryl methyl sites for hydroxylation is 2. The van der Waals surface area contributed by atoms with E-state index >= 15 is 0 Å². The van der Waals surface area contributed by atoms with E-state index in [1.807, 2.05) is 32.7 Å². The highest BCUT2D eigenvalue weighted by Crippen LogP contribution is 2.30. The number of anilines is 1. The first-order valence-electron chi connectivity index (χ1n) is 12.3. The molecular formula is C26H34F2N6O. The van der Waals surface area contributed by atoms with Gasteiger partial charge in [-0.05, 0) is 75.5 Å². The Bertz CT molecular complexity index is 1070. The topological polar surface area (TPSA) is 59.3 Å². The molecule has 1 fully saturated rings. The molecule has 3 heterocycles. The summed E-state index contributed by atoms with van der Waals surface area (Å²) in [6.45, 7) is 5.64. The fourth-order valence-electron chi connectivity index (χ4n) is 4.24. The van der Waals surface area contributed by atoms with Crippen LogP contribution in [0.25, 0.3) is 11.1 Å². The van der Waals surface area contributed by atoms with E-state index in [4.69, 9.17) is 4.74 Å². The SMILES string of the molecule is CCc1cnc(N2CCC(COc3c(F)cc(-c4cnn(CCCN(C)C)c4)cc3F)CC2)nc1. The van der Waals surface area contributed by atoms with E-state index in [0.717, 1.165) is 63.4 Å². The van der Waals surface area contributed by atoms with E-state index in [1.54, 1.807) is 10.9 Å². The van der Waals surface area contributed by atoms with Crippen molar-refractivity contribution in [1.29, 1.82) is 0 Å². The third-order valence-corrected chi connectivity index (χ3v) is 6.42. The molecule has 0 unspecified atom stereocenters. The van der Waals surface area contributed by atoms with Gasteiger partial charge in [0.2, 0.25) is 5.95 Å². The highest BCUT2D eigenvalue weighted by Gasteiger charge is 2.23. The summed E-state index contributed by atoms with van der Waals surface area (Å²) >= 11 is 0. The molecule has 9 heteroatoms. The van der Waals surface area contributed by atoms with E-state index in [1.165, 1.54) is 12.1 Å². The fraction of sp³-hybridized carbons (Fsp3) is 0.500. The molecule has 1 aliphatic heterocycles. The molecule has 1 aromatic carbocycles. The molecule has 0 N–H and O–H groups in total. The van der Waals surface area contributed by atoms with E-state index in [2.05, 4.69) is 31.8 Å². The van der Waals surface area contributed by atoms with Gasteiger partial charge >= 0.3 is 0 Å². The molecule has 0 bridgehead atoms. The normalized spacial score (nSPS) is 14.6. The smallest absolute Gasteiger partial charge is 0.225 e. The van der Waals surface area contributed by atoms with E-state index in [0.29, 0.717) is 11.1 Å². The van der Waals surface area contributed by atoms with Crippen LogP contribution in [0, 0.1) is 17.6 Å². The number of halogens is 2. The van der Waals surface area contributed by atoms with Crippen molar-refractivity contribution in [2.24, 2.45) is 5.92 Å². The lowest BCUT2D eigenvalue weighted by Crippen LogP contribution is -2.36. The van der Waals surface area contributed by atoms with E-state index < -0.39 is 11.6 Å². The van der Waals surface area contributed by atoms with Crippen LogP contribution in [0.3, 0.4) is 0 Å². The van der Waals surface area contributed by atoms with Crippen molar-refractivity contribution < 1.29 is 13.5 Å². The number of rotatable bonds is 10. The first-order valence-corrected chi connectivity index (χ1v) is 12.3. The quantitative estimate of drug-likeness (QED) is 0.424. The molecule has 35 heavy (non-hydrogen) atoms. The molecule has 7 nitrogen and oxygen atoms in total. The Hall–Kier alpha value is -3.07. The monoisotopic (exact) mass is 484 g/mol. The standard InChI is InChI=1S/C26H34F2N6O/c1-4-19-14-29-26(30-15-19)33-10-6-20(7-11-33)18-35-25-23(27)12-21(13-24(25)28)22-16-31-34(17-22)9-5-8-32(2)3/h12-17,20H,4-11,18H2,1-3H3. The molecular weight excluding hydrogens is 450 g/mol. The van der Waals surface area contributed by atoms with Crippen molar-refractivity contribution in [3.05, 3.63) is 54.1 Å². The molecule has 1 saturated heterocycles. The van der Waals surface area contributed by atoms with Crippen molar-refractivity contribution in [2.75, 3.05) is 45.2 Å². The van der Waals surface area contributed by atoms with Crippen molar-refractivity contribution in [1.82, 2.24) is 24.6 Å². The Morgan fingerprint density at radius 1 is 1.03 bits per heavy atom. The van der Waals surface area contributed by atoms with Crippen molar-refractivity contribution in [3.8, 4) is 16.9 Å². The second-order valence-electron chi connectivity index (χ2n) is 9.40. The lowest BCUT2D eigenvalue weighted by atomic mass is 9.98. The van der Waals surface area contributed by atoms with Gasteiger partial charge in [0.25, 0.3) is 0 Å². The van der Waals surface area contributed by atoms with Crippen molar-refractivity contribution in [2.45, 2.75) is 39.2 Å². The maximum atomic E-state index is 14.8. The van der Waals surface area contributed by atoms with Crippen LogP contribution in [-0.2, 0) is 13.0 Å². The summed E-state index contributed by atoms with van der Waals surface area (Å²) in [5.41, 5.74) is 2.25. The van der Waals surface area contributed by atoms with Gasteiger partial charge in [-0.2, -0.15) is 5.10 Å². The molecule has 0 atom stereocenters. The molecule has 0 spiro atoms. The van der Waals surface area contributed by atoms with Crippen LogP contribution in [-0.4, -0.2) is 65.0 Å². The van der Waals surface area contributed by atoms with Crippen LogP contribution in [0.15, 0.2) is 36.9 Å². The highest BCUT2D eigenvalue weighted by molar-refractivity contribution is 5.63. The van der Waals surface area contributed by atoms with E-state index in [9.17, 15) is 8.78 Å². The Labute approximate surface area is 205 Å². The van der Waals surface area contributed by atoms with Gasteiger partial charge in [-0.3, -0.25) is 4.68 Å². The molecule has 0 amide bonds. The number of hydrogen-bond donors (Lipinski definition) is 0. The van der Waals surface area contributed by atoms with Gasteiger partial charge in [0.05, 0.1) is 12.8 Å². The maximum Gasteiger partial charge on any atom is 0.225 e. The zero-order valence-corrected chi connectivity index (χ0v) is 20.8. The van der Waals surface area contributed by atoms with Crippen molar-refractivity contribution >= 4 is 5.95 Å². The second kappa shape index (κ2) is 11.6. The number of aromatic nitrogens is 4. The van der Waals surface area contributed by atoms with Crippen LogP contribution in [0.1, 0.15) is 31.7 Å². The Morgan fingerprint density at radius 2 is 1.71 bits per heavy atom. The number of piperidine rings is 1. The molecule has 1 aliphatic rings. The molecule has 3 aromatic rings. The van der Waals surface area contributed by atoms with Crippen LogP contribution in [0.4, 0.5) is 14.7 Å². The Morgan fingerprint density at radius 3 is 2.34 bits per heavy atom. The Balaban J connectivity index is 1.30. The van der Waals surface area contributed by atoms with Crippen LogP contribution < -0.4 is 9.64 Å². The zero-order chi connectivity index (χ0) is 24.8. The summed E-state index contributed by atoms with van der Waals surface area (Å²) < 4.78 is 37.0. The second-order valence-corrected chi connectivity index (χ2v) is 9.40. The van der Waals surface area contributed by atoms with Gasteiger partial charge in [0.15, 0.2) is 17.4 Å². The first-order chi connectivity index (χ1) is 16.9. The summed E-state index contributed by atoms with van der Waals surface area (Å²) in [5, 5.41) is 4.31. The first kappa shape index (κ1) is 25.0. The molecule has 0 saturated carbocycles. The molecule has 0 radical (unpaired) electrons. The molecule has 4 rings (SSSR count). The Kier molecular flexibility index (Phi) is 8.28. The summed E-state index contributed by atoms with van der Waals surface area (Å²) in [5.74, 6) is -0.743. The average molecular weight is 485 g/mol. The number of nitrogens with zero attached hydrogens (tertiary/aromatic N) is 6. The van der Waals surface area contributed by atoms with Gasteiger partial charge in [-0.25, -0.2) is 18.7 Å². The molecule has 2 aromatic heterocycles. The number of ether oxygens (including phenoxy) is 1. The van der Waals surface area contributed by atoms with Gasteiger partial charge in [0.1, 0.15) is 0 Å². The zero-order valence-electron chi connectivity index (χ0n) is 20.8. The van der Waals surface area contributed by atoms with Gasteiger partial charge in [0, 0.05) is 43.8 Å². The van der Waals surface area contributed by atoms with Gasteiger partial charge in [-0.15, -0.1) is 0 Å². The summed E-state index contributed by atoms with van der Waals surface area (Å²) in [6.07, 6.45) is 10.7. The average Bonchev–Trinajstić information content (AvgIpc) is 3.33. The highest BCUT2D eigenvalue weighted by atomic mass is 19.1. The largest absolute Gasteiger partial charge is 0.487 e. The van der Waals surface area contributed by atoms with Crippen LogP contribution in [0.2, 0.25) is 0 Å². The fourth-order valence-corrected chi connectivity index (χ4v) is 4.24. The van der Waals surface area contributed by atoms with Gasteiger partial charge in [-0.1, -0.05) is 6.92 Å². The van der Waals surface area contributed by atoms with E-state index in [-0.39, 0.29) is 18.3 Å². The van der Waals surface area contributed by atoms with Crippen LogP contribution >= 0.6 is 0 Å². The summed E-state index contributed by atoms with van der Waals surface area (Å²) in [7, 11) is 4.04. The minimum Gasteiger partial charge on any atom is -0.487 e. The van der Waals surface area contributed by atoms with Gasteiger partial charge < -0.3 is 14.5 Å². The minimum absolute atomic E-state index is 0.222. The predicted molar refractivity (Wildman–Crippen MR) is 133 cm³/mol. The predicted octanol–water partition coefficient (Wildman–Crippen LogP) is 4.43. The van der Waals surface area contributed by atoms with Crippen molar-refractivity contribution in [3.63, 3.8) is 0 Å². The summed E-state index contributed by atoms with van der Waals surface area (Å²) in [6, 6.07) is 2.64. The third kappa shape index (κ3) is 6.54. The molecule has 0 aliphatic carbocycles. The summed E-state index contributed by atoms with van der Waals surface area (Å²) in [4.78, 5) is 13.1. The lowest BCUT2D eigenvalue weighted by Gasteiger charge is -2.31. The minimum atomic E-state index is -0.692. The molecule has 188 valence electrons. The number of hydrogen-bond acceptors (Lipinski definition) is 6. The maximum absolute atomic E-state index is 14.8.